The summed E-state index contributed by atoms with van der Waals surface area (Å²) in [6, 6.07) is 18.1. The van der Waals surface area contributed by atoms with Crippen LogP contribution in [0.25, 0.3) is 0 Å². The molecule has 0 aliphatic rings. The van der Waals surface area contributed by atoms with E-state index in [4.69, 9.17) is 34.8 Å². The second-order valence-corrected chi connectivity index (χ2v) is 13.0. The van der Waals surface area contributed by atoms with Crippen LogP contribution in [-0.2, 0) is 32.6 Å². The number of hydrogen-bond acceptors (Lipinski definition) is 4. The lowest BCUT2D eigenvalue weighted by Crippen LogP contribution is -2.53. The van der Waals surface area contributed by atoms with Crippen molar-refractivity contribution >= 4 is 62.3 Å². The molecule has 0 aliphatic carbocycles. The first-order valence-corrected chi connectivity index (χ1v) is 16.2. The van der Waals surface area contributed by atoms with Gasteiger partial charge in [-0.2, -0.15) is 0 Å². The number of carbonyl (C=O) groups is 2. The van der Waals surface area contributed by atoms with Crippen molar-refractivity contribution in [2.24, 2.45) is 0 Å². The van der Waals surface area contributed by atoms with Crippen molar-refractivity contribution < 1.29 is 18.0 Å². The fraction of sp³-hybridized carbons (Fsp3) is 0.333. The van der Waals surface area contributed by atoms with Gasteiger partial charge in [-0.25, -0.2) is 8.42 Å². The first-order valence-electron chi connectivity index (χ1n) is 13.2. The molecule has 3 aromatic rings. The van der Waals surface area contributed by atoms with Gasteiger partial charge in [0.1, 0.15) is 12.6 Å². The van der Waals surface area contributed by atoms with Crippen molar-refractivity contribution in [2.45, 2.75) is 45.7 Å². The Morgan fingerprint density at radius 3 is 2.24 bits per heavy atom. The van der Waals surface area contributed by atoms with Crippen LogP contribution in [0.1, 0.15) is 36.5 Å². The van der Waals surface area contributed by atoms with Gasteiger partial charge in [0.05, 0.1) is 11.9 Å². The van der Waals surface area contributed by atoms with Gasteiger partial charge in [0, 0.05) is 34.6 Å². The molecule has 3 rings (SSSR count). The highest BCUT2D eigenvalue weighted by Crippen LogP contribution is 2.28. The molecule has 1 N–H and O–H groups in total. The number of hydrogen-bond donors (Lipinski definition) is 1. The largest absolute Gasteiger partial charge is 0.354 e. The zero-order valence-corrected chi connectivity index (χ0v) is 26.3. The van der Waals surface area contributed by atoms with Crippen LogP contribution in [0.15, 0.2) is 66.7 Å². The predicted octanol–water partition coefficient (Wildman–Crippen LogP) is 6.28. The number of nitrogens with one attached hydrogen (secondary N) is 1. The SMILES string of the molecule is CCCCNC(=O)[C@H](Cc1ccccc1)N(Cc1ccc(Cl)cc1Cl)C(=O)CN(c1cc(Cl)ccc1C)S(C)(=O)=O. The highest BCUT2D eigenvalue weighted by molar-refractivity contribution is 7.92. The van der Waals surface area contributed by atoms with Crippen LogP contribution in [-0.4, -0.2) is 50.5 Å². The summed E-state index contributed by atoms with van der Waals surface area (Å²) in [5, 5.41) is 4.02. The van der Waals surface area contributed by atoms with E-state index in [9.17, 15) is 18.0 Å². The molecule has 0 radical (unpaired) electrons. The van der Waals surface area contributed by atoms with Gasteiger partial charge in [-0.15, -0.1) is 0 Å². The van der Waals surface area contributed by atoms with Crippen LogP contribution < -0.4 is 9.62 Å². The van der Waals surface area contributed by atoms with Gasteiger partial charge in [0.25, 0.3) is 0 Å². The van der Waals surface area contributed by atoms with Crippen LogP contribution in [0.2, 0.25) is 15.1 Å². The summed E-state index contributed by atoms with van der Waals surface area (Å²) < 4.78 is 27.0. The third-order valence-corrected chi connectivity index (χ3v) is 8.52. The molecule has 2 amide bonds. The molecule has 3 aromatic carbocycles. The van der Waals surface area contributed by atoms with Crippen LogP contribution in [0.3, 0.4) is 0 Å². The Morgan fingerprint density at radius 1 is 0.951 bits per heavy atom. The second-order valence-electron chi connectivity index (χ2n) is 9.81. The maximum absolute atomic E-state index is 14.2. The fourth-order valence-electron chi connectivity index (χ4n) is 4.34. The van der Waals surface area contributed by atoms with Gasteiger partial charge in [0.2, 0.25) is 21.8 Å². The number of nitrogens with zero attached hydrogens (tertiary/aromatic N) is 2. The molecule has 0 fully saturated rings. The Bertz CT molecular complexity index is 1470. The van der Waals surface area contributed by atoms with Crippen LogP contribution in [0.5, 0.6) is 0 Å². The van der Waals surface area contributed by atoms with Crippen molar-refractivity contribution in [1.29, 1.82) is 0 Å². The first-order chi connectivity index (χ1) is 19.4. The Balaban J connectivity index is 2.09. The van der Waals surface area contributed by atoms with Gasteiger partial charge in [-0.1, -0.05) is 90.6 Å². The minimum Gasteiger partial charge on any atom is -0.354 e. The summed E-state index contributed by atoms with van der Waals surface area (Å²) in [6.07, 6.45) is 2.90. The smallest absolute Gasteiger partial charge is 0.244 e. The average molecular weight is 639 g/mol. The lowest BCUT2D eigenvalue weighted by molar-refractivity contribution is -0.140. The quantitative estimate of drug-likeness (QED) is 0.223. The second kappa shape index (κ2) is 14.9. The maximum Gasteiger partial charge on any atom is 0.244 e. The summed E-state index contributed by atoms with van der Waals surface area (Å²) in [7, 11) is -3.91. The fourth-order valence-corrected chi connectivity index (χ4v) is 5.87. The normalized spacial score (nSPS) is 12.0. The van der Waals surface area contributed by atoms with Crippen molar-refractivity contribution in [3.05, 3.63) is 98.5 Å². The van der Waals surface area contributed by atoms with E-state index in [2.05, 4.69) is 5.32 Å². The van der Waals surface area contributed by atoms with E-state index in [1.165, 1.54) is 11.0 Å². The molecule has 0 spiro atoms. The van der Waals surface area contributed by atoms with Gasteiger partial charge >= 0.3 is 0 Å². The minimum atomic E-state index is -3.91. The molecule has 0 unspecified atom stereocenters. The summed E-state index contributed by atoms with van der Waals surface area (Å²) in [5.74, 6) is -0.919. The van der Waals surface area contributed by atoms with Gasteiger partial charge in [-0.3, -0.25) is 13.9 Å². The number of unbranched alkanes of at least 4 members (excludes halogenated alkanes) is 1. The number of sulfonamides is 1. The molecule has 0 aromatic heterocycles. The molecule has 11 heteroatoms. The summed E-state index contributed by atoms with van der Waals surface area (Å²) in [4.78, 5) is 29.2. The monoisotopic (exact) mass is 637 g/mol. The van der Waals surface area contributed by atoms with Crippen molar-refractivity contribution in [3.8, 4) is 0 Å². The van der Waals surface area contributed by atoms with Crippen molar-refractivity contribution in [1.82, 2.24) is 10.2 Å². The molecule has 0 bridgehead atoms. The zero-order chi connectivity index (χ0) is 30.2. The van der Waals surface area contributed by atoms with E-state index < -0.39 is 28.5 Å². The highest BCUT2D eigenvalue weighted by Gasteiger charge is 2.33. The maximum atomic E-state index is 14.2. The molecular weight excluding hydrogens is 605 g/mol. The lowest BCUT2D eigenvalue weighted by atomic mass is 10.0. The van der Waals surface area contributed by atoms with E-state index in [0.717, 1.165) is 29.0 Å². The number of benzene rings is 3. The molecule has 7 nitrogen and oxygen atoms in total. The molecule has 0 saturated carbocycles. The van der Waals surface area contributed by atoms with E-state index in [1.807, 2.05) is 37.3 Å². The van der Waals surface area contributed by atoms with Gasteiger partial charge in [-0.05, 0) is 54.3 Å². The topological polar surface area (TPSA) is 86.8 Å². The third-order valence-electron chi connectivity index (χ3n) is 6.58. The first kappa shape index (κ1) is 32.7. The standard InChI is InChI=1S/C30H34Cl3N3O4S/c1-4-5-15-34-30(38)28(16-22-9-7-6-8-10-22)35(19-23-12-14-24(31)17-26(23)33)29(37)20-36(41(3,39)40)27-18-25(32)13-11-21(27)2/h6-14,17-18,28H,4-5,15-16,19-20H2,1-3H3,(H,34,38)/t28-/m0/s1. The number of rotatable bonds is 13. The number of carbonyl (C=O) groups excluding carboxylic acids is 2. The highest BCUT2D eigenvalue weighted by atomic mass is 35.5. The lowest BCUT2D eigenvalue weighted by Gasteiger charge is -2.34. The molecule has 1 atom stereocenters. The summed E-state index contributed by atoms with van der Waals surface area (Å²) in [6.45, 7) is 3.61. The van der Waals surface area contributed by atoms with Gasteiger partial charge < -0.3 is 10.2 Å². The molecule has 220 valence electrons. The number of anilines is 1. The Morgan fingerprint density at radius 2 is 1.61 bits per heavy atom. The Hall–Kier alpha value is -2.78. The molecule has 0 heterocycles. The number of halogens is 3. The third kappa shape index (κ3) is 9.36. The van der Waals surface area contributed by atoms with Crippen molar-refractivity contribution in [3.63, 3.8) is 0 Å². The summed E-state index contributed by atoms with van der Waals surface area (Å²) in [5.41, 5.74) is 2.31. The Labute approximate surface area is 257 Å². The van der Waals surface area contributed by atoms with Crippen LogP contribution >= 0.6 is 34.8 Å². The molecule has 0 aliphatic heterocycles. The van der Waals surface area contributed by atoms with E-state index >= 15 is 0 Å². The van der Waals surface area contributed by atoms with E-state index in [0.29, 0.717) is 32.7 Å². The van der Waals surface area contributed by atoms with Crippen LogP contribution in [0.4, 0.5) is 5.69 Å². The van der Waals surface area contributed by atoms with E-state index in [-0.39, 0.29) is 24.6 Å². The van der Waals surface area contributed by atoms with Crippen LogP contribution in [0, 0.1) is 6.92 Å². The van der Waals surface area contributed by atoms with E-state index in [1.54, 1.807) is 37.3 Å². The number of aryl methyl sites for hydroxylation is 1. The number of amides is 2. The minimum absolute atomic E-state index is 0.0420. The molecule has 0 saturated heterocycles. The average Bonchev–Trinajstić information content (AvgIpc) is 2.91. The molecular formula is C30H34Cl3N3O4S. The van der Waals surface area contributed by atoms with Gasteiger partial charge in [0.15, 0.2) is 0 Å². The molecule has 41 heavy (non-hydrogen) atoms. The zero-order valence-electron chi connectivity index (χ0n) is 23.2. The summed E-state index contributed by atoms with van der Waals surface area (Å²) >= 11 is 18.8. The predicted molar refractivity (Wildman–Crippen MR) is 167 cm³/mol. The van der Waals surface area contributed by atoms with Crippen molar-refractivity contribution in [2.75, 3.05) is 23.7 Å². The Kier molecular flexibility index (Phi) is 11.9.